The summed E-state index contributed by atoms with van der Waals surface area (Å²) in [5, 5.41) is 13.7. The molecule has 0 aromatic heterocycles. The number of carbonyl (C=O) groups is 2. The summed E-state index contributed by atoms with van der Waals surface area (Å²) in [7, 11) is 1.56. The van der Waals surface area contributed by atoms with E-state index in [1.807, 2.05) is 6.92 Å². The maximum absolute atomic E-state index is 12.4. The molecule has 0 spiro atoms. The van der Waals surface area contributed by atoms with Gasteiger partial charge in [0.25, 0.3) is 5.69 Å². The van der Waals surface area contributed by atoms with Crippen molar-refractivity contribution < 1.29 is 19.2 Å². The lowest BCUT2D eigenvalue weighted by Crippen LogP contribution is -2.38. The van der Waals surface area contributed by atoms with Gasteiger partial charge in [-0.15, -0.1) is 0 Å². The van der Waals surface area contributed by atoms with E-state index in [-0.39, 0.29) is 30.0 Å². The minimum atomic E-state index is -0.488. The smallest absolute Gasteiger partial charge is 0.274 e. The molecule has 1 N–H and O–H groups in total. The molecule has 8 nitrogen and oxygen atoms in total. The molecule has 2 amide bonds. The third-order valence-corrected chi connectivity index (χ3v) is 4.23. The zero-order valence-electron chi connectivity index (χ0n) is 13.9. The van der Waals surface area contributed by atoms with Crippen LogP contribution in [0.3, 0.4) is 0 Å². The van der Waals surface area contributed by atoms with Gasteiger partial charge in [-0.2, -0.15) is 0 Å². The molecule has 1 aromatic rings. The van der Waals surface area contributed by atoms with Crippen LogP contribution in [0.25, 0.3) is 0 Å². The van der Waals surface area contributed by atoms with Crippen molar-refractivity contribution in [2.24, 2.45) is 5.92 Å². The van der Waals surface area contributed by atoms with Gasteiger partial charge in [-0.1, -0.05) is 6.07 Å². The number of hydrogen-bond donors (Lipinski definition) is 1. The zero-order chi connectivity index (χ0) is 17.9. The zero-order valence-corrected chi connectivity index (χ0v) is 13.9. The molecule has 1 fully saturated rings. The Balaban J connectivity index is 2.08. The molecule has 8 heteroatoms. The Morgan fingerprint density at radius 3 is 2.88 bits per heavy atom. The maximum atomic E-state index is 12.4. The van der Waals surface area contributed by atoms with E-state index in [0.717, 1.165) is 0 Å². The topological polar surface area (TPSA) is 102 Å². The molecule has 1 aliphatic heterocycles. The van der Waals surface area contributed by atoms with Crippen molar-refractivity contribution in [2.45, 2.75) is 26.3 Å². The molecule has 130 valence electrons. The van der Waals surface area contributed by atoms with E-state index < -0.39 is 10.8 Å². The number of hydrogen-bond acceptors (Lipinski definition) is 5. The summed E-state index contributed by atoms with van der Waals surface area (Å²) in [5.41, 5.74) is 0.737. The first-order valence-corrected chi connectivity index (χ1v) is 7.68. The number of nitro groups is 1. The van der Waals surface area contributed by atoms with Gasteiger partial charge in [0.05, 0.1) is 34.7 Å². The Morgan fingerprint density at radius 1 is 1.54 bits per heavy atom. The molecule has 1 heterocycles. The van der Waals surface area contributed by atoms with Crippen LogP contribution in [0.4, 0.5) is 11.4 Å². The van der Waals surface area contributed by atoms with Gasteiger partial charge in [-0.05, 0) is 19.9 Å². The molecule has 0 aliphatic carbocycles. The first-order valence-electron chi connectivity index (χ1n) is 7.68. The summed E-state index contributed by atoms with van der Waals surface area (Å²) in [6.45, 7) is 4.18. The van der Waals surface area contributed by atoms with Crippen LogP contribution < -0.4 is 5.32 Å². The Morgan fingerprint density at radius 2 is 2.25 bits per heavy atom. The molecule has 1 aromatic carbocycles. The SMILES string of the molecule is COC[C@H](C)N1C[C@H](C(=O)Nc2cccc([N+](=O)[O-])c2C)CC1=O. The summed E-state index contributed by atoms with van der Waals surface area (Å²) in [6, 6.07) is 4.42. The number of benzene rings is 1. The van der Waals surface area contributed by atoms with Gasteiger partial charge < -0.3 is 15.0 Å². The van der Waals surface area contributed by atoms with Crippen molar-refractivity contribution in [1.82, 2.24) is 4.90 Å². The third kappa shape index (κ3) is 3.70. The van der Waals surface area contributed by atoms with Crippen molar-refractivity contribution in [2.75, 3.05) is 25.6 Å². The van der Waals surface area contributed by atoms with E-state index in [1.54, 1.807) is 25.0 Å². The highest BCUT2D eigenvalue weighted by Gasteiger charge is 2.36. The molecule has 0 unspecified atom stereocenters. The normalized spacial score (nSPS) is 18.5. The summed E-state index contributed by atoms with van der Waals surface area (Å²) < 4.78 is 5.05. The van der Waals surface area contributed by atoms with Crippen molar-refractivity contribution in [3.63, 3.8) is 0 Å². The van der Waals surface area contributed by atoms with E-state index in [0.29, 0.717) is 24.4 Å². The Bertz CT molecular complexity index is 661. The van der Waals surface area contributed by atoms with E-state index in [1.165, 1.54) is 12.1 Å². The minimum absolute atomic E-state index is 0.0503. The number of methoxy groups -OCH3 is 1. The Labute approximate surface area is 139 Å². The Hall–Kier alpha value is -2.48. The van der Waals surface area contributed by atoms with Crippen LogP contribution in [0.15, 0.2) is 18.2 Å². The van der Waals surface area contributed by atoms with Gasteiger partial charge in [-0.3, -0.25) is 19.7 Å². The molecular formula is C16H21N3O5. The lowest BCUT2D eigenvalue weighted by Gasteiger charge is -2.24. The first kappa shape index (κ1) is 17.9. The molecule has 0 saturated carbocycles. The molecule has 1 aliphatic rings. The van der Waals surface area contributed by atoms with Crippen molar-refractivity contribution in [3.05, 3.63) is 33.9 Å². The fraction of sp³-hybridized carbons (Fsp3) is 0.500. The van der Waals surface area contributed by atoms with E-state index in [9.17, 15) is 19.7 Å². The second-order valence-electron chi connectivity index (χ2n) is 5.95. The molecule has 24 heavy (non-hydrogen) atoms. The highest BCUT2D eigenvalue weighted by atomic mass is 16.6. The highest BCUT2D eigenvalue weighted by molar-refractivity contribution is 5.98. The van der Waals surface area contributed by atoms with Crippen LogP contribution in [-0.2, 0) is 14.3 Å². The van der Waals surface area contributed by atoms with Crippen LogP contribution >= 0.6 is 0 Å². The minimum Gasteiger partial charge on any atom is -0.383 e. The number of rotatable bonds is 6. The fourth-order valence-electron chi connectivity index (χ4n) is 2.86. The Kier molecular flexibility index (Phi) is 5.50. The fourth-order valence-corrected chi connectivity index (χ4v) is 2.86. The number of nitrogens with one attached hydrogen (secondary N) is 1. The number of anilines is 1. The summed E-state index contributed by atoms with van der Waals surface area (Å²) in [4.78, 5) is 36.6. The molecule has 2 atom stereocenters. The number of nitrogens with zero attached hydrogens (tertiary/aromatic N) is 2. The van der Waals surface area contributed by atoms with Gasteiger partial charge >= 0.3 is 0 Å². The number of likely N-dealkylation sites (tertiary alicyclic amines) is 1. The second-order valence-corrected chi connectivity index (χ2v) is 5.95. The van der Waals surface area contributed by atoms with Crippen molar-refractivity contribution in [1.29, 1.82) is 0 Å². The number of ether oxygens (including phenoxy) is 1. The summed E-state index contributed by atoms with van der Waals surface area (Å²) >= 11 is 0. The van der Waals surface area contributed by atoms with Crippen molar-refractivity contribution >= 4 is 23.2 Å². The molecule has 2 rings (SSSR count). The van der Waals surface area contributed by atoms with Gasteiger partial charge in [0.15, 0.2) is 0 Å². The lowest BCUT2D eigenvalue weighted by molar-refractivity contribution is -0.385. The predicted octanol–water partition coefficient (Wildman–Crippen LogP) is 1.73. The van der Waals surface area contributed by atoms with Crippen LogP contribution in [0.2, 0.25) is 0 Å². The van der Waals surface area contributed by atoms with Crippen LogP contribution in [-0.4, -0.2) is 47.9 Å². The van der Waals surface area contributed by atoms with Crippen molar-refractivity contribution in [3.8, 4) is 0 Å². The maximum Gasteiger partial charge on any atom is 0.274 e. The van der Waals surface area contributed by atoms with Gasteiger partial charge in [-0.25, -0.2) is 0 Å². The van der Waals surface area contributed by atoms with E-state index >= 15 is 0 Å². The average molecular weight is 335 g/mol. The number of amides is 2. The standard InChI is InChI=1S/C16H21N3O5/c1-10(9-24-3)18-8-12(7-15(18)20)16(21)17-13-5-4-6-14(11(13)2)19(22)23/h4-6,10,12H,7-9H2,1-3H3,(H,17,21)/t10-,12+/m0/s1. The van der Waals surface area contributed by atoms with Gasteiger partial charge in [0.1, 0.15) is 0 Å². The summed E-state index contributed by atoms with van der Waals surface area (Å²) in [6.07, 6.45) is 0.133. The first-order chi connectivity index (χ1) is 11.3. The predicted molar refractivity (Wildman–Crippen MR) is 87.6 cm³/mol. The molecule has 0 bridgehead atoms. The molecule has 1 saturated heterocycles. The average Bonchev–Trinajstić information content (AvgIpc) is 2.91. The molecule has 0 radical (unpaired) electrons. The molecular weight excluding hydrogens is 314 g/mol. The van der Waals surface area contributed by atoms with Crippen LogP contribution in [0.1, 0.15) is 18.9 Å². The number of carbonyl (C=O) groups excluding carboxylic acids is 2. The highest BCUT2D eigenvalue weighted by Crippen LogP contribution is 2.27. The second kappa shape index (κ2) is 7.39. The van der Waals surface area contributed by atoms with Crippen LogP contribution in [0, 0.1) is 23.0 Å². The largest absolute Gasteiger partial charge is 0.383 e. The number of nitro benzene ring substituents is 1. The summed E-state index contributed by atoms with van der Waals surface area (Å²) in [5.74, 6) is -0.870. The van der Waals surface area contributed by atoms with E-state index in [4.69, 9.17) is 4.74 Å². The van der Waals surface area contributed by atoms with E-state index in [2.05, 4.69) is 5.32 Å². The van der Waals surface area contributed by atoms with Crippen LogP contribution in [0.5, 0.6) is 0 Å². The lowest BCUT2D eigenvalue weighted by atomic mass is 10.1. The monoisotopic (exact) mass is 335 g/mol. The van der Waals surface area contributed by atoms with Gasteiger partial charge in [0.2, 0.25) is 11.8 Å². The van der Waals surface area contributed by atoms with Gasteiger partial charge in [0, 0.05) is 26.1 Å². The third-order valence-electron chi connectivity index (χ3n) is 4.23. The quantitative estimate of drug-likeness (QED) is 0.630.